The summed E-state index contributed by atoms with van der Waals surface area (Å²) in [5, 5.41) is 3.14. The molecule has 2 nitrogen and oxygen atoms in total. The Morgan fingerprint density at radius 3 is 3.04 bits per heavy atom. The van der Waals surface area contributed by atoms with Gasteiger partial charge in [-0.05, 0) is 52.9 Å². The van der Waals surface area contributed by atoms with E-state index in [1.807, 2.05) is 24.0 Å². The molecule has 1 aliphatic rings. The predicted octanol–water partition coefficient (Wildman–Crippen LogP) is 5.44. The van der Waals surface area contributed by atoms with E-state index < -0.39 is 0 Å². The summed E-state index contributed by atoms with van der Waals surface area (Å²) in [7, 11) is 0. The molecule has 1 aliphatic heterocycles. The Balaban J connectivity index is 1.49. The first-order valence-corrected chi connectivity index (χ1v) is 8.96. The summed E-state index contributed by atoms with van der Waals surface area (Å²) in [5.74, 6) is -0.0953. The van der Waals surface area contributed by atoms with Crippen LogP contribution in [0, 0.1) is 5.82 Å². The van der Waals surface area contributed by atoms with Gasteiger partial charge in [0.2, 0.25) is 0 Å². The topological polar surface area (TPSA) is 17.8 Å². The van der Waals surface area contributed by atoms with Crippen LogP contribution in [-0.2, 0) is 6.42 Å². The molecule has 0 saturated heterocycles. The molecule has 5 rings (SSSR count). The maximum Gasteiger partial charge on any atom is 0.127 e. The SMILES string of the molecule is Fc1cc2sccc2cc1CCC1c2ccccc2-c2cncn21. The second-order valence-corrected chi connectivity index (χ2v) is 7.18. The molecule has 2 aromatic heterocycles. The average Bonchev–Trinajstić information content (AvgIpc) is 3.28. The first kappa shape index (κ1) is 13.9. The third-order valence-electron chi connectivity index (χ3n) is 4.91. The molecular formula is C20H15FN2S. The van der Waals surface area contributed by atoms with Gasteiger partial charge in [0.15, 0.2) is 0 Å². The molecule has 0 spiro atoms. The number of fused-ring (bicyclic) bond motifs is 4. The van der Waals surface area contributed by atoms with Crippen LogP contribution >= 0.6 is 11.3 Å². The lowest BCUT2D eigenvalue weighted by atomic mass is 9.97. The molecule has 0 radical (unpaired) electrons. The molecule has 118 valence electrons. The van der Waals surface area contributed by atoms with Crippen LogP contribution in [0.25, 0.3) is 21.3 Å². The molecule has 0 amide bonds. The van der Waals surface area contributed by atoms with Crippen molar-refractivity contribution in [2.75, 3.05) is 0 Å². The van der Waals surface area contributed by atoms with Crippen LogP contribution in [0.2, 0.25) is 0 Å². The Morgan fingerprint density at radius 2 is 2.08 bits per heavy atom. The molecule has 3 heterocycles. The van der Waals surface area contributed by atoms with Crippen molar-refractivity contribution in [3.63, 3.8) is 0 Å². The molecule has 0 fully saturated rings. The molecule has 1 atom stereocenters. The summed E-state index contributed by atoms with van der Waals surface area (Å²) >= 11 is 1.58. The summed E-state index contributed by atoms with van der Waals surface area (Å²) in [6, 6.07) is 14.4. The van der Waals surface area contributed by atoms with Crippen molar-refractivity contribution < 1.29 is 4.39 Å². The summed E-state index contributed by atoms with van der Waals surface area (Å²) < 4.78 is 17.6. The highest BCUT2D eigenvalue weighted by molar-refractivity contribution is 7.17. The number of halogens is 1. The molecule has 4 heteroatoms. The quantitative estimate of drug-likeness (QED) is 0.488. The number of benzene rings is 2. The number of aryl methyl sites for hydroxylation is 1. The van der Waals surface area contributed by atoms with Gasteiger partial charge in [0.1, 0.15) is 5.82 Å². The van der Waals surface area contributed by atoms with E-state index in [-0.39, 0.29) is 11.9 Å². The van der Waals surface area contributed by atoms with Crippen LogP contribution in [0.1, 0.15) is 23.6 Å². The maximum atomic E-state index is 14.4. The van der Waals surface area contributed by atoms with E-state index in [4.69, 9.17) is 0 Å². The van der Waals surface area contributed by atoms with Crippen LogP contribution in [0.15, 0.2) is 60.4 Å². The van der Waals surface area contributed by atoms with Gasteiger partial charge in [-0.25, -0.2) is 9.37 Å². The fraction of sp³-hybridized carbons (Fsp3) is 0.150. The second kappa shape index (κ2) is 5.28. The van der Waals surface area contributed by atoms with Crippen LogP contribution in [0.3, 0.4) is 0 Å². The number of nitrogens with zero attached hydrogens (tertiary/aromatic N) is 2. The van der Waals surface area contributed by atoms with E-state index >= 15 is 0 Å². The van der Waals surface area contributed by atoms with Gasteiger partial charge in [0.25, 0.3) is 0 Å². The van der Waals surface area contributed by atoms with Crippen molar-refractivity contribution in [1.29, 1.82) is 0 Å². The fourth-order valence-corrected chi connectivity index (χ4v) is 4.54. The molecule has 0 N–H and O–H groups in total. The summed E-state index contributed by atoms with van der Waals surface area (Å²) in [4.78, 5) is 4.29. The Kier molecular flexibility index (Phi) is 3.06. The number of rotatable bonds is 3. The zero-order valence-electron chi connectivity index (χ0n) is 12.9. The zero-order valence-corrected chi connectivity index (χ0v) is 13.8. The Labute approximate surface area is 143 Å². The minimum absolute atomic E-state index is 0.0953. The van der Waals surface area contributed by atoms with Crippen molar-refractivity contribution in [1.82, 2.24) is 9.55 Å². The minimum Gasteiger partial charge on any atom is -0.323 e. The highest BCUT2D eigenvalue weighted by Crippen LogP contribution is 2.41. The van der Waals surface area contributed by atoms with Gasteiger partial charge in [-0.2, -0.15) is 0 Å². The van der Waals surface area contributed by atoms with E-state index in [1.54, 1.807) is 17.4 Å². The van der Waals surface area contributed by atoms with Crippen LogP contribution in [-0.4, -0.2) is 9.55 Å². The number of aromatic nitrogens is 2. The highest BCUT2D eigenvalue weighted by Gasteiger charge is 2.27. The summed E-state index contributed by atoms with van der Waals surface area (Å²) in [6.07, 6.45) is 5.39. The van der Waals surface area contributed by atoms with Gasteiger partial charge in [-0.15, -0.1) is 11.3 Å². The summed E-state index contributed by atoms with van der Waals surface area (Å²) in [5.41, 5.74) is 4.51. The van der Waals surface area contributed by atoms with Gasteiger partial charge in [-0.1, -0.05) is 24.3 Å². The van der Waals surface area contributed by atoms with E-state index in [1.165, 1.54) is 11.1 Å². The lowest BCUT2D eigenvalue weighted by Gasteiger charge is -2.15. The van der Waals surface area contributed by atoms with Crippen LogP contribution in [0.4, 0.5) is 4.39 Å². The normalized spacial score (nSPS) is 15.6. The molecule has 2 aromatic carbocycles. The smallest absolute Gasteiger partial charge is 0.127 e. The monoisotopic (exact) mass is 334 g/mol. The average molecular weight is 334 g/mol. The first-order valence-electron chi connectivity index (χ1n) is 8.08. The largest absolute Gasteiger partial charge is 0.323 e. The predicted molar refractivity (Wildman–Crippen MR) is 95.9 cm³/mol. The molecule has 1 unspecified atom stereocenters. The highest BCUT2D eigenvalue weighted by atomic mass is 32.1. The van der Waals surface area contributed by atoms with Crippen LogP contribution < -0.4 is 0 Å². The summed E-state index contributed by atoms with van der Waals surface area (Å²) in [6.45, 7) is 0. The van der Waals surface area contributed by atoms with Crippen LogP contribution in [0.5, 0.6) is 0 Å². The van der Waals surface area contributed by atoms with Gasteiger partial charge >= 0.3 is 0 Å². The van der Waals surface area contributed by atoms with Gasteiger partial charge in [-0.3, -0.25) is 0 Å². The lowest BCUT2D eigenvalue weighted by molar-refractivity contribution is 0.546. The van der Waals surface area contributed by atoms with E-state index in [0.717, 1.165) is 27.8 Å². The number of hydrogen-bond acceptors (Lipinski definition) is 2. The Hall–Kier alpha value is -2.46. The van der Waals surface area contributed by atoms with Gasteiger partial charge < -0.3 is 4.57 Å². The van der Waals surface area contributed by atoms with Crippen molar-refractivity contribution in [2.24, 2.45) is 0 Å². The molecule has 4 aromatic rings. The fourth-order valence-electron chi connectivity index (χ4n) is 3.74. The number of imidazole rings is 1. The van der Waals surface area contributed by atoms with Crippen molar-refractivity contribution >= 4 is 21.4 Å². The molecular weight excluding hydrogens is 319 g/mol. The molecule has 0 saturated carbocycles. The number of hydrogen-bond donors (Lipinski definition) is 0. The molecule has 0 bridgehead atoms. The lowest BCUT2D eigenvalue weighted by Crippen LogP contribution is -2.07. The third kappa shape index (κ3) is 2.03. The second-order valence-electron chi connectivity index (χ2n) is 6.23. The van der Waals surface area contributed by atoms with E-state index in [0.29, 0.717) is 6.42 Å². The standard InChI is InChI=1S/C20H15FN2S/c21-17-10-20-14(7-8-24-20)9-13(17)5-6-18-15-3-1-2-4-16(15)19-11-22-12-23(18)19/h1-4,7-12,18H,5-6H2. The van der Waals surface area contributed by atoms with Crippen molar-refractivity contribution in [2.45, 2.75) is 18.9 Å². The Bertz CT molecular complexity index is 1050. The van der Waals surface area contributed by atoms with E-state index in [9.17, 15) is 4.39 Å². The minimum atomic E-state index is -0.0953. The zero-order chi connectivity index (χ0) is 16.1. The molecule has 0 aliphatic carbocycles. The van der Waals surface area contributed by atoms with Crippen molar-refractivity contribution in [3.8, 4) is 11.3 Å². The maximum absolute atomic E-state index is 14.4. The van der Waals surface area contributed by atoms with E-state index in [2.05, 4.69) is 39.9 Å². The first-order chi connectivity index (χ1) is 11.8. The van der Waals surface area contributed by atoms with Crippen molar-refractivity contribution in [3.05, 3.63) is 77.3 Å². The molecule has 24 heavy (non-hydrogen) atoms. The van der Waals surface area contributed by atoms with Gasteiger partial charge in [0, 0.05) is 10.3 Å². The number of thiophene rings is 1. The van der Waals surface area contributed by atoms with Gasteiger partial charge in [0.05, 0.1) is 24.3 Å². The Morgan fingerprint density at radius 1 is 1.17 bits per heavy atom. The third-order valence-corrected chi connectivity index (χ3v) is 5.79.